The number of hydrogen-bond acceptors (Lipinski definition) is 2. The lowest BCUT2D eigenvalue weighted by molar-refractivity contribution is 0.297. The summed E-state index contributed by atoms with van der Waals surface area (Å²) in [6.45, 7) is 2.03. The van der Waals surface area contributed by atoms with E-state index >= 15 is 0 Å². The highest BCUT2D eigenvalue weighted by Crippen LogP contribution is 2.30. The molecule has 1 atom stereocenters. The molecule has 0 aromatic rings. The van der Waals surface area contributed by atoms with Crippen molar-refractivity contribution >= 4 is 11.6 Å². The summed E-state index contributed by atoms with van der Waals surface area (Å²) in [6, 6.07) is 0. The van der Waals surface area contributed by atoms with Gasteiger partial charge in [0.15, 0.2) is 0 Å². The minimum Gasteiger partial charge on any atom is -0.495 e. The lowest BCUT2D eigenvalue weighted by Crippen LogP contribution is -2.11. The second-order valence-electron chi connectivity index (χ2n) is 2.74. The predicted molar refractivity (Wildman–Crippen MR) is 45.9 cm³/mol. The van der Waals surface area contributed by atoms with E-state index in [4.69, 9.17) is 22.1 Å². The first-order chi connectivity index (χ1) is 5.15. The molecule has 0 fully saturated rings. The van der Waals surface area contributed by atoms with Crippen molar-refractivity contribution in [3.05, 3.63) is 22.6 Å². The molecule has 3 heteroatoms. The van der Waals surface area contributed by atoms with Crippen LogP contribution < -0.4 is 5.73 Å². The highest BCUT2D eigenvalue weighted by atomic mass is 35.5. The van der Waals surface area contributed by atoms with E-state index in [0.717, 1.165) is 17.2 Å². The summed E-state index contributed by atoms with van der Waals surface area (Å²) in [7, 11) is 1.60. The van der Waals surface area contributed by atoms with Gasteiger partial charge in [-0.25, -0.2) is 0 Å². The summed E-state index contributed by atoms with van der Waals surface area (Å²) in [6.07, 6.45) is 2.61. The lowest BCUT2D eigenvalue weighted by atomic mass is 9.99. The van der Waals surface area contributed by atoms with Crippen molar-refractivity contribution < 1.29 is 4.74 Å². The molecular weight excluding hydrogens is 162 g/mol. The Bertz CT molecular complexity index is 220. The van der Waals surface area contributed by atoms with Gasteiger partial charge in [0.1, 0.15) is 5.76 Å². The molecule has 2 nitrogen and oxygen atoms in total. The first-order valence-electron chi connectivity index (χ1n) is 3.55. The van der Waals surface area contributed by atoms with E-state index in [2.05, 4.69) is 0 Å². The van der Waals surface area contributed by atoms with Crippen LogP contribution in [-0.4, -0.2) is 7.11 Å². The van der Waals surface area contributed by atoms with Crippen LogP contribution in [0.3, 0.4) is 0 Å². The first-order valence-corrected chi connectivity index (χ1v) is 3.92. The van der Waals surface area contributed by atoms with Crippen LogP contribution in [0.5, 0.6) is 0 Å². The van der Waals surface area contributed by atoms with Gasteiger partial charge in [0, 0.05) is 17.7 Å². The average molecular weight is 174 g/mol. The Balaban J connectivity index is 2.92. The summed E-state index contributed by atoms with van der Waals surface area (Å²) < 4.78 is 5.04. The molecule has 0 radical (unpaired) electrons. The minimum absolute atomic E-state index is 0.289. The van der Waals surface area contributed by atoms with E-state index in [0.29, 0.717) is 5.76 Å². The van der Waals surface area contributed by atoms with Crippen LogP contribution in [-0.2, 0) is 4.74 Å². The zero-order valence-corrected chi connectivity index (χ0v) is 7.48. The number of hydrogen-bond donors (Lipinski definition) is 1. The second kappa shape index (κ2) is 3.18. The van der Waals surface area contributed by atoms with Crippen molar-refractivity contribution in [1.82, 2.24) is 0 Å². The summed E-state index contributed by atoms with van der Waals surface area (Å²) >= 11 is 5.95. The SMILES string of the molecule is COC1=C(Cl)C(C)CC(N)=C1. The fourth-order valence-electron chi connectivity index (χ4n) is 1.14. The summed E-state index contributed by atoms with van der Waals surface area (Å²) in [4.78, 5) is 0. The van der Waals surface area contributed by atoms with Gasteiger partial charge in [0.05, 0.1) is 12.1 Å². The third kappa shape index (κ3) is 1.69. The molecule has 0 aromatic heterocycles. The molecule has 0 saturated heterocycles. The molecule has 0 spiro atoms. The van der Waals surface area contributed by atoms with E-state index in [-0.39, 0.29) is 5.92 Å². The highest BCUT2D eigenvalue weighted by molar-refractivity contribution is 6.30. The maximum absolute atomic E-state index is 5.95. The fraction of sp³-hybridized carbons (Fsp3) is 0.500. The largest absolute Gasteiger partial charge is 0.495 e. The van der Waals surface area contributed by atoms with Crippen molar-refractivity contribution in [2.24, 2.45) is 11.7 Å². The molecule has 0 amide bonds. The number of methoxy groups -OCH3 is 1. The van der Waals surface area contributed by atoms with Crippen molar-refractivity contribution in [2.75, 3.05) is 7.11 Å². The van der Waals surface area contributed by atoms with E-state index < -0.39 is 0 Å². The van der Waals surface area contributed by atoms with Gasteiger partial charge in [-0.05, 0) is 6.42 Å². The predicted octanol–water partition coefficient (Wildman–Crippen LogP) is 1.97. The monoisotopic (exact) mass is 173 g/mol. The third-order valence-electron chi connectivity index (χ3n) is 1.75. The molecule has 11 heavy (non-hydrogen) atoms. The van der Waals surface area contributed by atoms with Gasteiger partial charge in [-0.15, -0.1) is 0 Å². The number of ether oxygens (including phenoxy) is 1. The van der Waals surface area contributed by atoms with Gasteiger partial charge in [-0.1, -0.05) is 18.5 Å². The van der Waals surface area contributed by atoms with Gasteiger partial charge in [0.25, 0.3) is 0 Å². The van der Waals surface area contributed by atoms with Crippen molar-refractivity contribution in [1.29, 1.82) is 0 Å². The molecule has 0 bridgehead atoms. The standard InChI is InChI=1S/C8H12ClNO/c1-5-3-6(10)4-7(11-2)8(5)9/h4-5H,3,10H2,1-2H3. The Kier molecular flexibility index (Phi) is 2.45. The topological polar surface area (TPSA) is 35.2 Å². The van der Waals surface area contributed by atoms with Gasteiger partial charge in [-0.3, -0.25) is 0 Å². The van der Waals surface area contributed by atoms with Crippen molar-refractivity contribution in [3.8, 4) is 0 Å². The van der Waals surface area contributed by atoms with Crippen LogP contribution in [0.4, 0.5) is 0 Å². The molecule has 2 N–H and O–H groups in total. The number of allylic oxidation sites excluding steroid dienone is 3. The molecule has 0 heterocycles. The molecule has 62 valence electrons. The molecule has 1 aliphatic rings. The van der Waals surface area contributed by atoms with E-state index in [1.54, 1.807) is 13.2 Å². The van der Waals surface area contributed by atoms with Crippen LogP contribution in [0.1, 0.15) is 13.3 Å². The van der Waals surface area contributed by atoms with E-state index in [1.807, 2.05) is 6.92 Å². The summed E-state index contributed by atoms with van der Waals surface area (Å²) in [5.41, 5.74) is 6.47. The molecular formula is C8H12ClNO. The maximum Gasteiger partial charge on any atom is 0.135 e. The molecule has 0 aromatic carbocycles. The number of halogens is 1. The average Bonchev–Trinajstić information content (AvgIpc) is 1.96. The van der Waals surface area contributed by atoms with Gasteiger partial charge < -0.3 is 10.5 Å². The van der Waals surface area contributed by atoms with E-state index in [1.165, 1.54) is 0 Å². The van der Waals surface area contributed by atoms with E-state index in [9.17, 15) is 0 Å². The van der Waals surface area contributed by atoms with Gasteiger partial charge in [0.2, 0.25) is 0 Å². The van der Waals surface area contributed by atoms with Crippen LogP contribution in [0.2, 0.25) is 0 Å². The van der Waals surface area contributed by atoms with Crippen LogP contribution in [0, 0.1) is 5.92 Å². The zero-order chi connectivity index (χ0) is 8.43. The number of nitrogens with two attached hydrogens (primary N) is 1. The quantitative estimate of drug-likeness (QED) is 0.658. The van der Waals surface area contributed by atoms with Crippen LogP contribution >= 0.6 is 11.6 Å². The molecule has 0 aliphatic heterocycles. The van der Waals surface area contributed by atoms with Crippen molar-refractivity contribution in [2.45, 2.75) is 13.3 Å². The molecule has 1 aliphatic carbocycles. The van der Waals surface area contributed by atoms with Crippen LogP contribution in [0.15, 0.2) is 22.6 Å². The van der Waals surface area contributed by atoms with Gasteiger partial charge in [-0.2, -0.15) is 0 Å². The molecule has 0 saturated carbocycles. The maximum atomic E-state index is 5.95. The Morgan fingerprint density at radius 2 is 2.36 bits per heavy atom. The fourth-order valence-corrected chi connectivity index (χ4v) is 1.35. The molecule has 1 rings (SSSR count). The Morgan fingerprint density at radius 3 is 2.91 bits per heavy atom. The third-order valence-corrected chi connectivity index (χ3v) is 2.31. The normalized spacial score (nSPS) is 25.0. The first kappa shape index (κ1) is 8.47. The Labute approximate surface area is 71.7 Å². The zero-order valence-electron chi connectivity index (χ0n) is 6.73. The highest BCUT2D eigenvalue weighted by Gasteiger charge is 2.17. The Morgan fingerprint density at radius 1 is 1.73 bits per heavy atom. The van der Waals surface area contributed by atoms with Crippen molar-refractivity contribution in [3.63, 3.8) is 0 Å². The minimum atomic E-state index is 0.289. The van der Waals surface area contributed by atoms with Crippen LogP contribution in [0.25, 0.3) is 0 Å². The number of rotatable bonds is 1. The second-order valence-corrected chi connectivity index (χ2v) is 3.15. The summed E-state index contributed by atoms with van der Waals surface area (Å²) in [5.74, 6) is 0.986. The summed E-state index contributed by atoms with van der Waals surface area (Å²) in [5, 5.41) is 0.765. The lowest BCUT2D eigenvalue weighted by Gasteiger charge is -2.18. The Hall–Kier alpha value is -0.630. The molecule has 1 unspecified atom stereocenters. The van der Waals surface area contributed by atoms with Gasteiger partial charge >= 0.3 is 0 Å². The smallest absolute Gasteiger partial charge is 0.135 e.